The molecule has 1 heterocycles. The topological polar surface area (TPSA) is 38.0 Å². The van der Waals surface area contributed by atoms with Gasteiger partial charge in [0.1, 0.15) is 0 Å². The number of nitrogens with two attached hydrogens (primary N) is 1. The molecule has 0 radical (unpaired) electrons. The van der Waals surface area contributed by atoms with Crippen molar-refractivity contribution in [1.82, 2.24) is 5.43 Å². The molecule has 0 saturated heterocycles. The average Bonchev–Trinajstić information content (AvgIpc) is 2.82. The molecule has 18 heavy (non-hydrogen) atoms. The van der Waals surface area contributed by atoms with Crippen molar-refractivity contribution in [3.8, 4) is 0 Å². The van der Waals surface area contributed by atoms with Gasteiger partial charge < -0.3 is 0 Å². The largest absolute Gasteiger partial charge is 0.271 e. The van der Waals surface area contributed by atoms with Gasteiger partial charge in [0.05, 0.1) is 0 Å². The van der Waals surface area contributed by atoms with E-state index in [0.29, 0.717) is 12.0 Å². The molecule has 1 aliphatic rings. The van der Waals surface area contributed by atoms with Crippen molar-refractivity contribution in [3.05, 3.63) is 21.9 Å². The summed E-state index contributed by atoms with van der Waals surface area (Å²) in [5.41, 5.74) is 4.65. The van der Waals surface area contributed by atoms with Gasteiger partial charge in [-0.3, -0.25) is 11.3 Å². The summed E-state index contributed by atoms with van der Waals surface area (Å²) in [7, 11) is 0. The molecular weight excluding hydrogens is 240 g/mol. The average molecular weight is 266 g/mol. The molecule has 0 fully saturated rings. The van der Waals surface area contributed by atoms with Gasteiger partial charge in [-0.2, -0.15) is 0 Å². The predicted octanol–water partition coefficient (Wildman–Crippen LogP) is 3.83. The van der Waals surface area contributed by atoms with Gasteiger partial charge in [0.15, 0.2) is 0 Å². The fourth-order valence-electron chi connectivity index (χ4n) is 3.09. The minimum Gasteiger partial charge on any atom is -0.271 e. The smallest absolute Gasteiger partial charge is 0.0279 e. The second-order valence-corrected chi connectivity index (χ2v) is 6.90. The monoisotopic (exact) mass is 266 g/mol. The third-order valence-electron chi connectivity index (χ3n) is 4.09. The van der Waals surface area contributed by atoms with Crippen LogP contribution < -0.4 is 11.3 Å². The normalized spacial score (nSPS) is 21.0. The van der Waals surface area contributed by atoms with Crippen LogP contribution in [0.3, 0.4) is 0 Å². The lowest BCUT2D eigenvalue weighted by Crippen LogP contribution is -2.40. The molecule has 0 amide bonds. The summed E-state index contributed by atoms with van der Waals surface area (Å²) < 4.78 is 0. The Morgan fingerprint density at radius 3 is 3.00 bits per heavy atom. The quantitative estimate of drug-likeness (QED) is 0.606. The lowest BCUT2D eigenvalue weighted by molar-refractivity contribution is 0.361. The van der Waals surface area contributed by atoms with E-state index < -0.39 is 0 Å². The van der Waals surface area contributed by atoms with Gasteiger partial charge in [-0.15, -0.1) is 11.3 Å². The van der Waals surface area contributed by atoms with Crippen LogP contribution in [0.25, 0.3) is 0 Å². The number of nitrogens with one attached hydrogen (secondary N) is 1. The van der Waals surface area contributed by atoms with Gasteiger partial charge in [-0.05, 0) is 48.6 Å². The Hall–Kier alpha value is -0.380. The molecule has 2 rings (SSSR count). The van der Waals surface area contributed by atoms with E-state index in [2.05, 4.69) is 30.7 Å². The van der Waals surface area contributed by atoms with Crippen molar-refractivity contribution in [2.24, 2.45) is 11.8 Å². The van der Waals surface area contributed by atoms with E-state index in [1.165, 1.54) is 38.5 Å². The highest BCUT2D eigenvalue weighted by Gasteiger charge is 2.27. The maximum atomic E-state index is 5.80. The maximum absolute atomic E-state index is 5.80. The molecule has 2 unspecified atom stereocenters. The summed E-state index contributed by atoms with van der Waals surface area (Å²) in [6, 6.07) is 2.77. The van der Waals surface area contributed by atoms with Crippen LogP contribution in [0.1, 0.15) is 62.3 Å². The first-order chi connectivity index (χ1) is 8.72. The number of fused-ring (bicyclic) bond motifs is 1. The summed E-state index contributed by atoms with van der Waals surface area (Å²) >= 11 is 1.92. The molecule has 0 aliphatic heterocycles. The Balaban J connectivity index is 1.97. The van der Waals surface area contributed by atoms with E-state index in [9.17, 15) is 0 Å². The molecule has 3 N–H and O–H groups in total. The van der Waals surface area contributed by atoms with Gasteiger partial charge in [-0.1, -0.05) is 26.7 Å². The van der Waals surface area contributed by atoms with Crippen molar-refractivity contribution < 1.29 is 0 Å². The zero-order chi connectivity index (χ0) is 13.0. The first-order valence-electron chi connectivity index (χ1n) is 7.24. The molecule has 1 aromatic heterocycles. The molecule has 1 aromatic rings. The Morgan fingerprint density at radius 2 is 2.28 bits per heavy atom. The van der Waals surface area contributed by atoms with Crippen LogP contribution in [0.2, 0.25) is 0 Å². The molecule has 0 saturated carbocycles. The Labute approximate surface area is 115 Å². The number of aryl methyl sites for hydroxylation is 1. The number of hydrogen-bond acceptors (Lipinski definition) is 3. The second kappa shape index (κ2) is 6.69. The van der Waals surface area contributed by atoms with Crippen LogP contribution in [-0.4, -0.2) is 6.04 Å². The van der Waals surface area contributed by atoms with Crippen molar-refractivity contribution >= 4 is 11.3 Å². The Bertz CT molecular complexity index is 359. The SMILES string of the molecule is CC(C)CCCC(NN)C1CCCc2sccc21. The van der Waals surface area contributed by atoms with Crippen LogP contribution in [0.5, 0.6) is 0 Å². The maximum Gasteiger partial charge on any atom is 0.0279 e. The fourth-order valence-corrected chi connectivity index (χ4v) is 4.08. The minimum atomic E-state index is 0.456. The van der Waals surface area contributed by atoms with E-state index in [1.807, 2.05) is 11.3 Å². The zero-order valence-corrected chi connectivity index (χ0v) is 12.4. The fraction of sp³-hybridized carbons (Fsp3) is 0.733. The molecule has 102 valence electrons. The highest BCUT2D eigenvalue weighted by molar-refractivity contribution is 7.10. The Kier molecular flexibility index (Phi) is 5.22. The highest BCUT2D eigenvalue weighted by Crippen LogP contribution is 2.38. The van der Waals surface area contributed by atoms with Gasteiger partial charge in [0.2, 0.25) is 0 Å². The van der Waals surface area contributed by atoms with E-state index in [-0.39, 0.29) is 0 Å². The third kappa shape index (κ3) is 3.34. The van der Waals surface area contributed by atoms with E-state index in [0.717, 1.165) is 5.92 Å². The number of hydrazine groups is 1. The van der Waals surface area contributed by atoms with Crippen LogP contribution in [0.15, 0.2) is 11.4 Å². The third-order valence-corrected chi connectivity index (χ3v) is 5.09. The summed E-state index contributed by atoms with van der Waals surface area (Å²) in [6.45, 7) is 4.59. The highest BCUT2D eigenvalue weighted by atomic mass is 32.1. The number of hydrogen-bond donors (Lipinski definition) is 2. The number of thiophene rings is 1. The van der Waals surface area contributed by atoms with E-state index in [1.54, 1.807) is 10.4 Å². The summed E-state index contributed by atoms with van der Waals surface area (Å²) in [4.78, 5) is 1.59. The second-order valence-electron chi connectivity index (χ2n) is 5.90. The van der Waals surface area contributed by atoms with Gasteiger partial charge in [0.25, 0.3) is 0 Å². The van der Waals surface area contributed by atoms with Crippen molar-refractivity contribution in [2.45, 2.75) is 64.3 Å². The van der Waals surface area contributed by atoms with Gasteiger partial charge >= 0.3 is 0 Å². The molecule has 0 aromatic carbocycles. The molecule has 0 bridgehead atoms. The lowest BCUT2D eigenvalue weighted by atomic mass is 9.81. The first-order valence-corrected chi connectivity index (χ1v) is 8.12. The first kappa shape index (κ1) is 14.0. The van der Waals surface area contributed by atoms with E-state index in [4.69, 9.17) is 5.84 Å². The predicted molar refractivity (Wildman–Crippen MR) is 79.8 cm³/mol. The Morgan fingerprint density at radius 1 is 1.44 bits per heavy atom. The van der Waals surface area contributed by atoms with Gasteiger partial charge in [-0.25, -0.2) is 0 Å². The molecule has 0 spiro atoms. The van der Waals surface area contributed by atoms with Crippen LogP contribution >= 0.6 is 11.3 Å². The van der Waals surface area contributed by atoms with E-state index >= 15 is 0 Å². The van der Waals surface area contributed by atoms with Crippen molar-refractivity contribution in [1.29, 1.82) is 0 Å². The molecule has 1 aliphatic carbocycles. The summed E-state index contributed by atoms with van der Waals surface area (Å²) in [5.74, 6) is 7.23. The minimum absolute atomic E-state index is 0.456. The standard InChI is InChI=1S/C15H26N2S/c1-11(2)5-3-7-14(17-16)12-6-4-8-15-13(12)9-10-18-15/h9-12,14,17H,3-8,16H2,1-2H3. The summed E-state index contributed by atoms with van der Waals surface area (Å²) in [6.07, 6.45) is 7.67. The van der Waals surface area contributed by atoms with Crippen LogP contribution in [0.4, 0.5) is 0 Å². The number of rotatable bonds is 6. The van der Waals surface area contributed by atoms with Crippen LogP contribution in [0, 0.1) is 5.92 Å². The molecule has 2 nitrogen and oxygen atoms in total. The lowest BCUT2D eigenvalue weighted by Gasteiger charge is -2.30. The molecule has 3 heteroatoms. The molecule has 2 atom stereocenters. The van der Waals surface area contributed by atoms with Crippen molar-refractivity contribution in [2.75, 3.05) is 0 Å². The van der Waals surface area contributed by atoms with Gasteiger partial charge in [0, 0.05) is 16.8 Å². The zero-order valence-electron chi connectivity index (χ0n) is 11.6. The van der Waals surface area contributed by atoms with Crippen LogP contribution in [-0.2, 0) is 6.42 Å². The molecular formula is C15H26N2S. The summed E-state index contributed by atoms with van der Waals surface area (Å²) in [5, 5.41) is 2.24. The van der Waals surface area contributed by atoms with Crippen molar-refractivity contribution in [3.63, 3.8) is 0 Å².